The van der Waals surface area contributed by atoms with Crippen LogP contribution in [0, 0.1) is 5.92 Å². The van der Waals surface area contributed by atoms with Gasteiger partial charge in [-0.15, -0.1) is 0 Å². The molecule has 1 aromatic rings. The zero-order valence-corrected chi connectivity index (χ0v) is 11.6. The molecule has 2 atom stereocenters. The van der Waals surface area contributed by atoms with Gasteiger partial charge in [-0.2, -0.15) is 0 Å². The van der Waals surface area contributed by atoms with E-state index >= 15 is 0 Å². The highest BCUT2D eigenvalue weighted by Gasteiger charge is 2.06. The summed E-state index contributed by atoms with van der Waals surface area (Å²) in [4.78, 5) is 0. The second-order valence-electron chi connectivity index (χ2n) is 4.46. The van der Waals surface area contributed by atoms with Crippen LogP contribution in [0.2, 0.25) is 0 Å². The summed E-state index contributed by atoms with van der Waals surface area (Å²) in [5.41, 5.74) is 1.20. The van der Waals surface area contributed by atoms with E-state index in [4.69, 9.17) is 14.2 Å². The van der Waals surface area contributed by atoms with Gasteiger partial charge in [-0.05, 0) is 19.4 Å². The fraction of sp³-hybridized carbons (Fsp3) is 0.600. The summed E-state index contributed by atoms with van der Waals surface area (Å²) in [6.45, 7) is 8.70. The fourth-order valence-corrected chi connectivity index (χ4v) is 1.58. The molecule has 0 heterocycles. The maximum atomic E-state index is 5.65. The minimum Gasteiger partial charge on any atom is -0.376 e. The topological polar surface area (TPSA) is 27.7 Å². The fourth-order valence-electron chi connectivity index (χ4n) is 1.58. The Morgan fingerprint density at radius 3 is 2.39 bits per heavy atom. The molecule has 0 radical (unpaired) electrons. The first-order valence-corrected chi connectivity index (χ1v) is 6.57. The van der Waals surface area contributed by atoms with E-state index in [0.717, 1.165) is 0 Å². The Morgan fingerprint density at radius 2 is 1.72 bits per heavy atom. The summed E-state index contributed by atoms with van der Waals surface area (Å²) in [7, 11) is 0. The highest BCUT2D eigenvalue weighted by atomic mass is 16.7. The van der Waals surface area contributed by atoms with Crippen molar-refractivity contribution in [2.75, 3.05) is 19.8 Å². The van der Waals surface area contributed by atoms with Gasteiger partial charge in [0.2, 0.25) is 0 Å². The van der Waals surface area contributed by atoms with Crippen molar-refractivity contribution in [3.63, 3.8) is 0 Å². The summed E-state index contributed by atoms with van der Waals surface area (Å²) < 4.78 is 16.5. The highest BCUT2D eigenvalue weighted by Crippen LogP contribution is 2.05. The normalized spacial score (nSPS) is 14.4. The molecule has 102 valence electrons. The van der Waals surface area contributed by atoms with Crippen LogP contribution in [0.15, 0.2) is 30.3 Å². The van der Waals surface area contributed by atoms with Crippen molar-refractivity contribution in [2.24, 2.45) is 5.92 Å². The lowest BCUT2D eigenvalue weighted by Gasteiger charge is -2.17. The monoisotopic (exact) mass is 252 g/mol. The molecule has 1 rings (SSSR count). The molecule has 3 heteroatoms. The molecule has 1 aromatic carbocycles. The Kier molecular flexibility index (Phi) is 7.65. The van der Waals surface area contributed by atoms with Gasteiger partial charge >= 0.3 is 0 Å². The van der Waals surface area contributed by atoms with E-state index in [1.807, 2.05) is 32.0 Å². The zero-order chi connectivity index (χ0) is 13.2. The molecule has 3 nitrogen and oxygen atoms in total. The molecule has 0 amide bonds. The van der Waals surface area contributed by atoms with Crippen molar-refractivity contribution in [2.45, 2.75) is 33.7 Å². The molecule has 0 aliphatic heterocycles. The largest absolute Gasteiger partial charge is 0.376 e. The van der Waals surface area contributed by atoms with Crippen LogP contribution in [-0.2, 0) is 20.8 Å². The summed E-state index contributed by atoms with van der Waals surface area (Å²) >= 11 is 0. The van der Waals surface area contributed by atoms with E-state index in [1.54, 1.807) is 0 Å². The molecule has 0 saturated heterocycles. The third kappa shape index (κ3) is 6.74. The van der Waals surface area contributed by atoms with Gasteiger partial charge in [0.05, 0.1) is 19.8 Å². The average Bonchev–Trinajstić information content (AvgIpc) is 2.38. The molecule has 0 fully saturated rings. The SMILES string of the molecule is CCOC(C)OCC(C)COCc1ccccc1. The van der Waals surface area contributed by atoms with Crippen molar-refractivity contribution in [3.8, 4) is 0 Å². The summed E-state index contributed by atoms with van der Waals surface area (Å²) in [6.07, 6.45) is -0.133. The quantitative estimate of drug-likeness (QED) is 0.631. The molecular formula is C15H24O3. The second kappa shape index (κ2) is 9.09. The van der Waals surface area contributed by atoms with Gasteiger partial charge in [-0.3, -0.25) is 0 Å². The Bertz CT molecular complexity index is 300. The van der Waals surface area contributed by atoms with Gasteiger partial charge in [0.15, 0.2) is 6.29 Å². The first kappa shape index (κ1) is 15.2. The Hall–Kier alpha value is -0.900. The van der Waals surface area contributed by atoms with Crippen molar-refractivity contribution in [1.29, 1.82) is 0 Å². The van der Waals surface area contributed by atoms with Gasteiger partial charge in [0.1, 0.15) is 0 Å². The van der Waals surface area contributed by atoms with E-state index in [0.29, 0.717) is 32.3 Å². The molecule has 0 bridgehead atoms. The average molecular weight is 252 g/mol. The van der Waals surface area contributed by atoms with Crippen molar-refractivity contribution in [3.05, 3.63) is 35.9 Å². The number of hydrogen-bond acceptors (Lipinski definition) is 3. The van der Waals surface area contributed by atoms with Crippen LogP contribution in [0.25, 0.3) is 0 Å². The van der Waals surface area contributed by atoms with Crippen LogP contribution in [0.1, 0.15) is 26.3 Å². The van der Waals surface area contributed by atoms with E-state index < -0.39 is 0 Å². The molecule has 0 spiro atoms. The molecule has 0 N–H and O–H groups in total. The third-order valence-electron chi connectivity index (χ3n) is 2.53. The zero-order valence-electron chi connectivity index (χ0n) is 11.6. The van der Waals surface area contributed by atoms with E-state index in [2.05, 4.69) is 19.1 Å². The van der Waals surface area contributed by atoms with E-state index in [-0.39, 0.29) is 6.29 Å². The first-order chi connectivity index (χ1) is 8.72. The molecule has 0 aromatic heterocycles. The van der Waals surface area contributed by atoms with E-state index in [1.165, 1.54) is 5.56 Å². The highest BCUT2D eigenvalue weighted by molar-refractivity contribution is 5.13. The van der Waals surface area contributed by atoms with Gasteiger partial charge in [-0.1, -0.05) is 37.3 Å². The van der Waals surface area contributed by atoms with Crippen LogP contribution in [-0.4, -0.2) is 26.1 Å². The van der Waals surface area contributed by atoms with Crippen LogP contribution in [0.5, 0.6) is 0 Å². The minimum absolute atomic E-state index is 0.133. The van der Waals surface area contributed by atoms with E-state index in [9.17, 15) is 0 Å². The summed E-state index contributed by atoms with van der Waals surface area (Å²) in [5.74, 6) is 0.372. The van der Waals surface area contributed by atoms with Crippen LogP contribution < -0.4 is 0 Å². The van der Waals surface area contributed by atoms with Crippen LogP contribution >= 0.6 is 0 Å². The lowest BCUT2D eigenvalue weighted by molar-refractivity contribution is -0.138. The molecule has 0 saturated carbocycles. The maximum Gasteiger partial charge on any atom is 0.154 e. The lowest BCUT2D eigenvalue weighted by atomic mass is 10.2. The van der Waals surface area contributed by atoms with Crippen molar-refractivity contribution < 1.29 is 14.2 Å². The predicted molar refractivity (Wildman–Crippen MR) is 72.3 cm³/mol. The number of ether oxygens (including phenoxy) is 3. The first-order valence-electron chi connectivity index (χ1n) is 6.57. The maximum absolute atomic E-state index is 5.65. The van der Waals surface area contributed by atoms with Gasteiger partial charge in [-0.25, -0.2) is 0 Å². The number of hydrogen-bond donors (Lipinski definition) is 0. The van der Waals surface area contributed by atoms with Crippen molar-refractivity contribution in [1.82, 2.24) is 0 Å². The molecule has 18 heavy (non-hydrogen) atoms. The predicted octanol–water partition coefficient (Wildman–Crippen LogP) is 3.24. The Balaban J connectivity index is 2.08. The molecule has 0 aliphatic rings. The summed E-state index contributed by atoms with van der Waals surface area (Å²) in [5, 5.41) is 0. The van der Waals surface area contributed by atoms with Crippen LogP contribution in [0.4, 0.5) is 0 Å². The standard InChI is InChI=1S/C15H24O3/c1-4-17-14(3)18-11-13(2)10-16-12-15-8-6-5-7-9-15/h5-9,13-14H,4,10-12H2,1-3H3. The van der Waals surface area contributed by atoms with Gasteiger partial charge < -0.3 is 14.2 Å². The lowest BCUT2D eigenvalue weighted by Crippen LogP contribution is -2.19. The smallest absolute Gasteiger partial charge is 0.154 e. The van der Waals surface area contributed by atoms with Crippen LogP contribution in [0.3, 0.4) is 0 Å². The third-order valence-corrected chi connectivity index (χ3v) is 2.53. The molecule has 2 unspecified atom stereocenters. The van der Waals surface area contributed by atoms with Gasteiger partial charge in [0, 0.05) is 12.5 Å². The molecule has 0 aliphatic carbocycles. The summed E-state index contributed by atoms with van der Waals surface area (Å²) in [6, 6.07) is 10.2. The van der Waals surface area contributed by atoms with Crippen molar-refractivity contribution >= 4 is 0 Å². The molecular weight excluding hydrogens is 228 g/mol. The Morgan fingerprint density at radius 1 is 1.00 bits per heavy atom. The number of benzene rings is 1. The number of rotatable bonds is 9. The minimum atomic E-state index is -0.133. The van der Waals surface area contributed by atoms with Gasteiger partial charge in [0.25, 0.3) is 0 Å². The second-order valence-corrected chi connectivity index (χ2v) is 4.46. The Labute approximate surface area is 110 Å².